The number of nitrogens with zero attached hydrogens (tertiary/aromatic N) is 1. The van der Waals surface area contributed by atoms with Crippen LogP contribution in [0.1, 0.15) is 22.2 Å². The van der Waals surface area contributed by atoms with E-state index in [0.29, 0.717) is 11.3 Å². The van der Waals surface area contributed by atoms with E-state index < -0.39 is 4.92 Å². The Kier molecular flexibility index (Phi) is 5.08. The first kappa shape index (κ1) is 15.7. The number of nitro groups is 1. The van der Waals surface area contributed by atoms with Crippen LogP contribution in [0.2, 0.25) is 0 Å². The zero-order valence-electron chi connectivity index (χ0n) is 11.2. The summed E-state index contributed by atoms with van der Waals surface area (Å²) < 4.78 is 1.01. The molecular formula is C14H13BrN2O3S. The number of thiophene rings is 1. The molecule has 1 heterocycles. The molecule has 1 atom stereocenters. The summed E-state index contributed by atoms with van der Waals surface area (Å²) in [5, 5.41) is 13.4. The molecule has 5 nitrogen and oxygen atoms in total. The second kappa shape index (κ2) is 6.82. The van der Waals surface area contributed by atoms with Crippen LogP contribution in [0.5, 0.6) is 0 Å². The van der Waals surface area contributed by atoms with E-state index in [2.05, 4.69) is 21.2 Å². The Hall–Kier alpha value is -1.73. The van der Waals surface area contributed by atoms with Crippen LogP contribution in [0.3, 0.4) is 0 Å². The van der Waals surface area contributed by atoms with Gasteiger partial charge >= 0.3 is 5.00 Å². The molecule has 0 saturated heterocycles. The van der Waals surface area contributed by atoms with E-state index in [1.54, 1.807) is 0 Å². The van der Waals surface area contributed by atoms with Crippen molar-refractivity contribution in [1.29, 1.82) is 0 Å². The van der Waals surface area contributed by atoms with Gasteiger partial charge in [0.05, 0.1) is 9.80 Å². The summed E-state index contributed by atoms with van der Waals surface area (Å²) in [6.07, 6.45) is 0.701. The van der Waals surface area contributed by atoms with Crippen LogP contribution in [-0.4, -0.2) is 16.9 Å². The monoisotopic (exact) mass is 368 g/mol. The number of carbonyl (C=O) groups is 1. The first-order valence-corrected chi connectivity index (χ1v) is 7.86. The summed E-state index contributed by atoms with van der Waals surface area (Å²) in [6.45, 7) is 1.90. The van der Waals surface area contributed by atoms with Crippen LogP contribution >= 0.6 is 27.3 Å². The molecule has 1 N–H and O–H groups in total. The van der Waals surface area contributed by atoms with Crippen LogP contribution in [0.15, 0.2) is 40.9 Å². The molecule has 0 bridgehead atoms. The van der Waals surface area contributed by atoms with Gasteiger partial charge in [0.1, 0.15) is 0 Å². The number of halogens is 1. The third-order valence-electron chi connectivity index (χ3n) is 2.83. The topological polar surface area (TPSA) is 72.2 Å². The highest BCUT2D eigenvalue weighted by atomic mass is 79.9. The summed E-state index contributed by atoms with van der Waals surface area (Å²) in [6, 6.07) is 10.6. The van der Waals surface area contributed by atoms with Crippen molar-refractivity contribution in [2.45, 2.75) is 19.4 Å². The molecule has 0 aliphatic carbocycles. The number of hydrogen-bond acceptors (Lipinski definition) is 4. The van der Waals surface area contributed by atoms with E-state index in [9.17, 15) is 14.9 Å². The number of amides is 1. The third kappa shape index (κ3) is 4.37. The fourth-order valence-corrected chi connectivity index (χ4v) is 2.86. The number of nitrogens with one attached hydrogen (secondary N) is 1. The van der Waals surface area contributed by atoms with Crippen molar-refractivity contribution in [1.82, 2.24) is 5.32 Å². The molecule has 0 fully saturated rings. The largest absolute Gasteiger partial charge is 0.349 e. The predicted molar refractivity (Wildman–Crippen MR) is 85.7 cm³/mol. The van der Waals surface area contributed by atoms with Crippen molar-refractivity contribution in [3.63, 3.8) is 0 Å². The maximum atomic E-state index is 12.0. The highest BCUT2D eigenvalue weighted by Gasteiger charge is 2.16. The van der Waals surface area contributed by atoms with Gasteiger partial charge in [0, 0.05) is 16.6 Å². The number of rotatable bonds is 5. The molecule has 0 aliphatic rings. The molecule has 2 rings (SSSR count). The van der Waals surface area contributed by atoms with Gasteiger partial charge in [0.15, 0.2) is 0 Å². The average Bonchev–Trinajstić information content (AvgIpc) is 2.91. The summed E-state index contributed by atoms with van der Waals surface area (Å²) >= 11 is 4.26. The maximum Gasteiger partial charge on any atom is 0.324 e. The maximum absolute atomic E-state index is 12.0. The summed E-state index contributed by atoms with van der Waals surface area (Å²) in [5.74, 6) is -0.280. The Morgan fingerprint density at radius 3 is 2.57 bits per heavy atom. The minimum absolute atomic E-state index is 0.0271. The number of carbonyl (C=O) groups excluding carboxylic acids is 1. The van der Waals surface area contributed by atoms with Gasteiger partial charge in [-0.2, -0.15) is 0 Å². The normalized spacial score (nSPS) is 11.9. The molecule has 0 aliphatic heterocycles. The molecule has 2 aromatic rings. The lowest BCUT2D eigenvalue weighted by Crippen LogP contribution is -2.33. The minimum Gasteiger partial charge on any atom is -0.349 e. The Morgan fingerprint density at radius 1 is 1.33 bits per heavy atom. The molecule has 110 valence electrons. The minimum atomic E-state index is -0.493. The highest BCUT2D eigenvalue weighted by molar-refractivity contribution is 9.10. The van der Waals surface area contributed by atoms with Crippen molar-refractivity contribution in [3.8, 4) is 0 Å². The van der Waals surface area contributed by atoms with Crippen LogP contribution in [-0.2, 0) is 6.42 Å². The van der Waals surface area contributed by atoms with E-state index >= 15 is 0 Å². The van der Waals surface area contributed by atoms with E-state index in [4.69, 9.17) is 0 Å². The fraction of sp³-hybridized carbons (Fsp3) is 0.214. The second-order valence-electron chi connectivity index (χ2n) is 4.60. The van der Waals surface area contributed by atoms with Gasteiger partial charge in [-0.1, -0.05) is 39.4 Å². The quantitative estimate of drug-likeness (QED) is 0.644. The predicted octanol–water partition coefficient (Wildman–Crippen LogP) is 3.78. The Morgan fingerprint density at radius 2 is 2.00 bits per heavy atom. The molecule has 1 amide bonds. The highest BCUT2D eigenvalue weighted by Crippen LogP contribution is 2.23. The van der Waals surface area contributed by atoms with Crippen molar-refractivity contribution in [3.05, 3.63) is 61.4 Å². The molecule has 0 radical (unpaired) electrons. The smallest absolute Gasteiger partial charge is 0.324 e. The van der Waals surface area contributed by atoms with Crippen LogP contribution in [0.4, 0.5) is 5.00 Å². The lowest BCUT2D eigenvalue weighted by Gasteiger charge is -2.13. The molecule has 1 aromatic heterocycles. The van der Waals surface area contributed by atoms with E-state index in [1.165, 1.54) is 12.1 Å². The summed E-state index contributed by atoms with van der Waals surface area (Å²) in [7, 11) is 0. The van der Waals surface area contributed by atoms with Gasteiger partial charge in [-0.15, -0.1) is 0 Å². The van der Waals surface area contributed by atoms with Gasteiger partial charge in [-0.25, -0.2) is 0 Å². The molecule has 1 aromatic carbocycles. The molecule has 0 spiro atoms. The lowest BCUT2D eigenvalue weighted by atomic mass is 10.1. The van der Waals surface area contributed by atoms with Gasteiger partial charge in [0.2, 0.25) is 0 Å². The van der Waals surface area contributed by atoms with Crippen molar-refractivity contribution in [2.24, 2.45) is 0 Å². The summed E-state index contributed by atoms with van der Waals surface area (Å²) in [4.78, 5) is 22.5. The van der Waals surface area contributed by atoms with E-state index in [0.717, 1.165) is 21.4 Å². The first-order valence-electron chi connectivity index (χ1n) is 6.25. The Balaban J connectivity index is 1.95. The van der Waals surface area contributed by atoms with Gasteiger partial charge in [0.25, 0.3) is 5.91 Å². The van der Waals surface area contributed by atoms with Crippen LogP contribution < -0.4 is 5.32 Å². The fourth-order valence-electron chi connectivity index (χ4n) is 1.87. The van der Waals surface area contributed by atoms with Crippen molar-refractivity contribution < 1.29 is 9.72 Å². The van der Waals surface area contributed by atoms with Gasteiger partial charge in [-0.3, -0.25) is 14.9 Å². The Labute approximate surface area is 134 Å². The molecule has 1 unspecified atom stereocenters. The van der Waals surface area contributed by atoms with Crippen molar-refractivity contribution in [2.75, 3.05) is 0 Å². The lowest BCUT2D eigenvalue weighted by molar-refractivity contribution is -0.380. The second-order valence-corrected chi connectivity index (χ2v) is 6.58. The number of hydrogen-bond donors (Lipinski definition) is 1. The zero-order chi connectivity index (χ0) is 15.4. The number of benzene rings is 1. The van der Waals surface area contributed by atoms with Crippen molar-refractivity contribution >= 4 is 38.2 Å². The third-order valence-corrected chi connectivity index (χ3v) is 4.39. The first-order chi connectivity index (χ1) is 9.95. The van der Waals surface area contributed by atoms with Gasteiger partial charge < -0.3 is 5.32 Å². The van der Waals surface area contributed by atoms with Crippen LogP contribution in [0, 0.1) is 10.1 Å². The molecule has 21 heavy (non-hydrogen) atoms. The van der Waals surface area contributed by atoms with Crippen LogP contribution in [0.25, 0.3) is 0 Å². The molecule has 7 heteroatoms. The standard InChI is InChI=1S/C14H13BrN2O3S/c1-9(8-10-2-4-11(15)5-3-10)16-14(18)12-6-7-13(21-12)17(19)20/h2-7,9H,8H2,1H3,(H,16,18). The van der Waals surface area contributed by atoms with Gasteiger partial charge in [-0.05, 0) is 37.1 Å². The SMILES string of the molecule is CC(Cc1ccc(Br)cc1)NC(=O)c1ccc([N+](=O)[O-])s1. The zero-order valence-corrected chi connectivity index (χ0v) is 13.6. The molecular weight excluding hydrogens is 356 g/mol. The van der Waals surface area contributed by atoms with E-state index in [-0.39, 0.29) is 17.0 Å². The molecule has 0 saturated carbocycles. The summed E-state index contributed by atoms with van der Waals surface area (Å²) in [5.41, 5.74) is 1.11. The average molecular weight is 369 g/mol. The van der Waals surface area contributed by atoms with E-state index in [1.807, 2.05) is 31.2 Å². The Bertz CT molecular complexity index is 654.